The Morgan fingerprint density at radius 3 is 2.67 bits per heavy atom. The molecular formula is C27H31N7OSi. The number of nitriles is 2. The fraction of sp³-hybridized carbons (Fsp3) is 0.370. The SMILES string of the molecule is Cc1cnc(C#N)cc1Nc1nccc(-c2cc(C#N)c3c(c2)[C@@](C)(CO[Si](C)(C)C(C)C)CN3)n1. The summed E-state index contributed by atoms with van der Waals surface area (Å²) in [5.41, 5.74) is 6.24. The van der Waals surface area contributed by atoms with Crippen molar-refractivity contribution in [2.75, 3.05) is 23.8 Å². The zero-order valence-electron chi connectivity index (χ0n) is 21.6. The first-order valence-electron chi connectivity index (χ1n) is 12.0. The first-order chi connectivity index (χ1) is 17.1. The summed E-state index contributed by atoms with van der Waals surface area (Å²) >= 11 is 0. The lowest BCUT2D eigenvalue weighted by molar-refractivity contribution is 0.228. The lowest BCUT2D eigenvalue weighted by Crippen LogP contribution is -2.41. The summed E-state index contributed by atoms with van der Waals surface area (Å²) in [6.45, 7) is 14.3. The van der Waals surface area contributed by atoms with E-state index in [1.807, 2.05) is 19.1 Å². The number of aryl methyl sites for hydroxylation is 1. The summed E-state index contributed by atoms with van der Waals surface area (Å²) in [6, 6.07) is 11.9. The molecule has 0 radical (unpaired) electrons. The zero-order valence-corrected chi connectivity index (χ0v) is 22.6. The monoisotopic (exact) mass is 497 g/mol. The molecule has 0 aliphatic carbocycles. The van der Waals surface area contributed by atoms with Gasteiger partial charge in [0, 0.05) is 42.2 Å². The zero-order chi connectivity index (χ0) is 26.1. The van der Waals surface area contributed by atoms with E-state index in [2.05, 4.69) is 72.7 Å². The molecule has 0 spiro atoms. The van der Waals surface area contributed by atoms with Crippen LogP contribution in [0.5, 0.6) is 0 Å². The lowest BCUT2D eigenvalue weighted by Gasteiger charge is -2.33. The Morgan fingerprint density at radius 1 is 1.19 bits per heavy atom. The summed E-state index contributed by atoms with van der Waals surface area (Å²) in [5.74, 6) is 0.401. The molecule has 0 amide bonds. The van der Waals surface area contributed by atoms with Crippen molar-refractivity contribution in [1.82, 2.24) is 15.0 Å². The second-order valence-electron chi connectivity index (χ2n) is 10.4. The Balaban J connectivity index is 1.69. The Morgan fingerprint density at radius 2 is 1.97 bits per heavy atom. The standard InChI is InChI=1S/C27H31N7OSi/c1-17(2)36(5,6)35-16-27(4)15-32-25-20(12-28)9-19(10-22(25)27)23-7-8-30-26(33-23)34-24-11-21(13-29)31-14-18(24)3/h7-11,14,17,32H,15-16H2,1-6H3,(H,30,31,33,34)/t27-/m1/s1. The molecule has 2 N–H and O–H groups in total. The van der Waals surface area contributed by atoms with E-state index in [1.165, 1.54) is 0 Å². The fourth-order valence-electron chi connectivity index (χ4n) is 3.98. The molecule has 4 rings (SSSR count). The van der Waals surface area contributed by atoms with E-state index in [9.17, 15) is 10.5 Å². The maximum absolute atomic E-state index is 9.91. The largest absolute Gasteiger partial charge is 0.416 e. The van der Waals surface area contributed by atoms with Gasteiger partial charge in [0.15, 0.2) is 8.32 Å². The Bertz CT molecular complexity index is 1390. The Labute approximate surface area is 213 Å². The predicted molar refractivity (Wildman–Crippen MR) is 144 cm³/mol. The smallest absolute Gasteiger partial charge is 0.227 e. The van der Waals surface area contributed by atoms with E-state index in [1.54, 1.807) is 18.5 Å². The third-order valence-electron chi connectivity index (χ3n) is 7.13. The minimum Gasteiger partial charge on any atom is -0.416 e. The number of anilines is 3. The van der Waals surface area contributed by atoms with Crippen molar-refractivity contribution in [1.29, 1.82) is 10.5 Å². The third kappa shape index (κ3) is 4.94. The first-order valence-corrected chi connectivity index (χ1v) is 15.0. The quantitative estimate of drug-likeness (QED) is 0.402. The van der Waals surface area contributed by atoms with Gasteiger partial charge in [-0.3, -0.25) is 0 Å². The van der Waals surface area contributed by atoms with Crippen molar-refractivity contribution >= 4 is 25.6 Å². The molecule has 9 heteroatoms. The summed E-state index contributed by atoms with van der Waals surface area (Å²) < 4.78 is 6.52. The minimum atomic E-state index is -1.82. The highest BCUT2D eigenvalue weighted by Crippen LogP contribution is 2.42. The van der Waals surface area contributed by atoms with Crippen molar-refractivity contribution in [3.05, 3.63) is 59.0 Å². The van der Waals surface area contributed by atoms with Gasteiger partial charge in [-0.05, 0) is 61.0 Å². The van der Waals surface area contributed by atoms with Crippen molar-refractivity contribution in [2.45, 2.75) is 51.7 Å². The van der Waals surface area contributed by atoms with E-state index in [4.69, 9.17) is 9.41 Å². The van der Waals surface area contributed by atoms with Crippen LogP contribution in [0.4, 0.5) is 17.3 Å². The maximum Gasteiger partial charge on any atom is 0.227 e. The van der Waals surface area contributed by atoms with E-state index in [0.717, 1.165) is 28.1 Å². The summed E-state index contributed by atoms with van der Waals surface area (Å²) in [5, 5.41) is 25.7. The minimum absolute atomic E-state index is 0.258. The maximum atomic E-state index is 9.91. The van der Waals surface area contributed by atoms with Crippen molar-refractivity contribution in [3.63, 3.8) is 0 Å². The van der Waals surface area contributed by atoms with E-state index >= 15 is 0 Å². The topological polar surface area (TPSA) is 120 Å². The molecule has 1 aromatic carbocycles. The average Bonchev–Trinajstić information content (AvgIpc) is 3.20. The van der Waals surface area contributed by atoms with Crippen LogP contribution in [0.3, 0.4) is 0 Å². The van der Waals surface area contributed by atoms with E-state index in [0.29, 0.717) is 41.6 Å². The first kappa shape index (κ1) is 25.3. The normalized spacial score (nSPS) is 16.7. The predicted octanol–water partition coefficient (Wildman–Crippen LogP) is 5.65. The molecule has 3 aromatic rings. The molecule has 36 heavy (non-hydrogen) atoms. The van der Waals surface area contributed by atoms with Gasteiger partial charge >= 0.3 is 0 Å². The summed E-state index contributed by atoms with van der Waals surface area (Å²) in [6.07, 6.45) is 3.33. The van der Waals surface area contributed by atoms with Gasteiger partial charge in [0.1, 0.15) is 17.8 Å². The number of rotatable bonds is 7. The van der Waals surface area contributed by atoms with Gasteiger partial charge in [-0.25, -0.2) is 15.0 Å². The van der Waals surface area contributed by atoms with Gasteiger partial charge in [-0.2, -0.15) is 10.5 Å². The van der Waals surface area contributed by atoms with Crippen LogP contribution in [-0.4, -0.2) is 36.4 Å². The second-order valence-corrected chi connectivity index (χ2v) is 15.1. The molecular weight excluding hydrogens is 466 g/mol. The fourth-order valence-corrected chi connectivity index (χ4v) is 5.01. The highest BCUT2D eigenvalue weighted by molar-refractivity contribution is 6.72. The average molecular weight is 498 g/mol. The number of aromatic nitrogens is 3. The number of hydrogen-bond donors (Lipinski definition) is 2. The molecule has 1 atom stereocenters. The van der Waals surface area contributed by atoms with E-state index < -0.39 is 8.32 Å². The van der Waals surface area contributed by atoms with Crippen molar-refractivity contribution in [3.8, 4) is 23.4 Å². The molecule has 1 aliphatic rings. The molecule has 8 nitrogen and oxygen atoms in total. The van der Waals surface area contributed by atoms with Gasteiger partial charge in [0.25, 0.3) is 0 Å². The van der Waals surface area contributed by atoms with Crippen molar-refractivity contribution < 1.29 is 4.43 Å². The van der Waals surface area contributed by atoms with Crippen LogP contribution in [0, 0.1) is 29.6 Å². The van der Waals surface area contributed by atoms with E-state index in [-0.39, 0.29) is 5.41 Å². The van der Waals surface area contributed by atoms with Crippen LogP contribution in [0.25, 0.3) is 11.3 Å². The Kier molecular flexibility index (Phi) is 6.81. The molecule has 3 heterocycles. The Hall–Kier alpha value is -3.79. The van der Waals surface area contributed by atoms with Gasteiger partial charge in [-0.1, -0.05) is 20.8 Å². The lowest BCUT2D eigenvalue weighted by atomic mass is 9.83. The van der Waals surface area contributed by atoms with Gasteiger partial charge in [0.2, 0.25) is 5.95 Å². The number of benzene rings is 1. The number of nitrogens with one attached hydrogen (secondary N) is 2. The summed E-state index contributed by atoms with van der Waals surface area (Å²) in [4.78, 5) is 13.2. The molecule has 2 aromatic heterocycles. The molecule has 0 bridgehead atoms. The van der Waals surface area contributed by atoms with Crippen LogP contribution in [0.1, 0.15) is 43.2 Å². The van der Waals surface area contributed by atoms with Crippen LogP contribution in [-0.2, 0) is 9.84 Å². The number of pyridine rings is 1. The molecule has 1 aliphatic heterocycles. The highest BCUT2D eigenvalue weighted by Gasteiger charge is 2.39. The van der Waals surface area contributed by atoms with Crippen LogP contribution < -0.4 is 10.6 Å². The highest BCUT2D eigenvalue weighted by atomic mass is 28.4. The van der Waals surface area contributed by atoms with Crippen LogP contribution in [0.15, 0.2) is 36.7 Å². The van der Waals surface area contributed by atoms with Crippen molar-refractivity contribution in [2.24, 2.45) is 0 Å². The van der Waals surface area contributed by atoms with Gasteiger partial charge < -0.3 is 15.1 Å². The third-order valence-corrected chi connectivity index (χ3v) is 10.8. The second kappa shape index (κ2) is 9.69. The molecule has 0 fully saturated rings. The molecule has 184 valence electrons. The summed E-state index contributed by atoms with van der Waals surface area (Å²) in [7, 11) is -1.82. The van der Waals surface area contributed by atoms with Crippen LogP contribution >= 0.6 is 0 Å². The van der Waals surface area contributed by atoms with Gasteiger partial charge in [-0.15, -0.1) is 0 Å². The molecule has 0 unspecified atom stereocenters. The number of nitrogens with zero attached hydrogens (tertiary/aromatic N) is 5. The molecule has 0 saturated carbocycles. The van der Waals surface area contributed by atoms with Crippen LogP contribution in [0.2, 0.25) is 18.6 Å². The number of hydrogen-bond acceptors (Lipinski definition) is 8. The van der Waals surface area contributed by atoms with Gasteiger partial charge in [0.05, 0.1) is 16.9 Å². The molecule has 0 saturated heterocycles. The number of fused-ring (bicyclic) bond motifs is 1.